The Balaban J connectivity index is 2.86. The summed E-state index contributed by atoms with van der Waals surface area (Å²) < 4.78 is 37.9. The Labute approximate surface area is 124 Å². The summed E-state index contributed by atoms with van der Waals surface area (Å²) in [5, 5.41) is 1.29. The van der Waals surface area contributed by atoms with E-state index in [1.54, 1.807) is 0 Å². The predicted octanol–water partition coefficient (Wildman–Crippen LogP) is 1.73. The van der Waals surface area contributed by atoms with E-state index in [-0.39, 0.29) is 10.6 Å². The minimum Gasteiger partial charge on any atom is -0.396 e. The number of benzene rings is 1. The number of hydrogen-bond acceptors (Lipinski definition) is 4. The molecule has 1 aromatic rings. The molecule has 0 aliphatic carbocycles. The van der Waals surface area contributed by atoms with Crippen molar-refractivity contribution in [1.29, 1.82) is 0 Å². The van der Waals surface area contributed by atoms with E-state index in [4.69, 9.17) is 5.73 Å². The van der Waals surface area contributed by atoms with Crippen LogP contribution in [0.2, 0.25) is 0 Å². The Morgan fingerprint density at radius 3 is 2.48 bits per heavy atom. The minimum atomic E-state index is -3.94. The van der Waals surface area contributed by atoms with Gasteiger partial charge in [0.25, 0.3) is 0 Å². The number of carbonyl (C=O) groups excluding carboxylic acids is 1. The summed E-state index contributed by atoms with van der Waals surface area (Å²) in [4.78, 5) is 11.6. The van der Waals surface area contributed by atoms with Crippen LogP contribution < -0.4 is 11.1 Å². The van der Waals surface area contributed by atoms with E-state index >= 15 is 0 Å². The summed E-state index contributed by atoms with van der Waals surface area (Å²) in [6.07, 6.45) is 0.759. The molecular formula is C14H21FN2O3S. The van der Waals surface area contributed by atoms with Crippen molar-refractivity contribution in [3.63, 3.8) is 0 Å². The number of halogens is 1. The van der Waals surface area contributed by atoms with Crippen LogP contribution >= 0.6 is 0 Å². The molecule has 0 fully saturated rings. The second-order valence-corrected chi connectivity index (χ2v) is 7.61. The highest BCUT2D eigenvalue weighted by atomic mass is 32.2. The van der Waals surface area contributed by atoms with Crippen molar-refractivity contribution in [3.8, 4) is 0 Å². The number of rotatable bonds is 6. The molecule has 1 rings (SSSR count). The fraction of sp³-hybridized carbons (Fsp3) is 0.500. The number of sulfone groups is 1. The Bertz CT molecular complexity index is 615. The van der Waals surface area contributed by atoms with Gasteiger partial charge in [0, 0.05) is 6.54 Å². The van der Waals surface area contributed by atoms with Gasteiger partial charge >= 0.3 is 0 Å². The van der Waals surface area contributed by atoms with Crippen LogP contribution in [0.4, 0.5) is 10.1 Å². The number of anilines is 1. The number of nitrogens with two attached hydrogens (primary N) is 1. The zero-order chi connectivity index (χ0) is 16.2. The first kappa shape index (κ1) is 17.4. The van der Waals surface area contributed by atoms with Crippen LogP contribution in [0.1, 0.15) is 27.2 Å². The summed E-state index contributed by atoms with van der Waals surface area (Å²) in [5.74, 6) is -1.00. The monoisotopic (exact) mass is 316 g/mol. The standard InChI is InChI=1S/C14H21FN2O3S/c1-9(2)6-7-17-14(18)10(3)21(19,20)11-4-5-13(16)12(15)8-11/h4-5,8-10H,6-7,16H2,1-3H3,(H,17,18). The van der Waals surface area contributed by atoms with Crippen molar-refractivity contribution >= 4 is 21.4 Å². The normalized spacial score (nSPS) is 13.2. The van der Waals surface area contributed by atoms with E-state index in [1.807, 2.05) is 13.8 Å². The van der Waals surface area contributed by atoms with Crippen LogP contribution in [0.3, 0.4) is 0 Å². The number of amides is 1. The topological polar surface area (TPSA) is 89.3 Å². The lowest BCUT2D eigenvalue weighted by Gasteiger charge is -2.14. The van der Waals surface area contributed by atoms with Crippen LogP contribution in [0.25, 0.3) is 0 Å². The zero-order valence-corrected chi connectivity index (χ0v) is 13.2. The third-order valence-electron chi connectivity index (χ3n) is 3.16. The first-order valence-corrected chi connectivity index (χ1v) is 8.27. The third-order valence-corrected chi connectivity index (χ3v) is 5.21. The summed E-state index contributed by atoms with van der Waals surface area (Å²) in [6.45, 7) is 5.70. The molecule has 1 amide bonds. The molecule has 5 nitrogen and oxygen atoms in total. The molecule has 0 aromatic heterocycles. The Morgan fingerprint density at radius 1 is 1.33 bits per heavy atom. The molecule has 0 aliphatic rings. The van der Waals surface area contributed by atoms with Gasteiger partial charge in [0.15, 0.2) is 9.84 Å². The molecule has 3 N–H and O–H groups in total. The number of hydrogen-bond donors (Lipinski definition) is 2. The minimum absolute atomic E-state index is 0.136. The summed E-state index contributed by atoms with van der Waals surface area (Å²) in [7, 11) is -3.94. The molecule has 0 spiro atoms. The molecule has 0 saturated carbocycles. The van der Waals surface area contributed by atoms with Crippen molar-refractivity contribution in [2.75, 3.05) is 12.3 Å². The highest BCUT2D eigenvalue weighted by Crippen LogP contribution is 2.20. The van der Waals surface area contributed by atoms with E-state index in [1.165, 1.54) is 19.1 Å². The van der Waals surface area contributed by atoms with Crippen LogP contribution in [-0.4, -0.2) is 26.1 Å². The fourth-order valence-corrected chi connectivity index (χ4v) is 2.96. The highest BCUT2D eigenvalue weighted by Gasteiger charge is 2.30. The van der Waals surface area contributed by atoms with Crippen molar-refractivity contribution in [2.24, 2.45) is 5.92 Å². The van der Waals surface area contributed by atoms with E-state index in [0.717, 1.165) is 12.5 Å². The van der Waals surface area contributed by atoms with Gasteiger partial charge in [-0.15, -0.1) is 0 Å². The van der Waals surface area contributed by atoms with Crippen LogP contribution in [-0.2, 0) is 14.6 Å². The van der Waals surface area contributed by atoms with E-state index in [0.29, 0.717) is 12.5 Å². The lowest BCUT2D eigenvalue weighted by Crippen LogP contribution is -2.38. The van der Waals surface area contributed by atoms with E-state index in [9.17, 15) is 17.6 Å². The van der Waals surface area contributed by atoms with E-state index in [2.05, 4.69) is 5.32 Å². The van der Waals surface area contributed by atoms with Gasteiger partial charge in [-0.2, -0.15) is 0 Å². The quantitative estimate of drug-likeness (QED) is 0.782. The van der Waals surface area contributed by atoms with Crippen molar-refractivity contribution < 1.29 is 17.6 Å². The van der Waals surface area contributed by atoms with Crippen molar-refractivity contribution in [3.05, 3.63) is 24.0 Å². The second-order valence-electron chi connectivity index (χ2n) is 5.34. The van der Waals surface area contributed by atoms with Crippen LogP contribution in [0.5, 0.6) is 0 Å². The maximum absolute atomic E-state index is 13.4. The lowest BCUT2D eigenvalue weighted by atomic mass is 10.1. The first-order chi connectivity index (χ1) is 9.66. The van der Waals surface area contributed by atoms with Gasteiger partial charge in [0.05, 0.1) is 10.6 Å². The molecular weight excluding hydrogens is 295 g/mol. The average Bonchev–Trinajstić information content (AvgIpc) is 2.40. The molecule has 1 aromatic carbocycles. The molecule has 7 heteroatoms. The first-order valence-electron chi connectivity index (χ1n) is 6.73. The van der Waals surface area contributed by atoms with Crippen LogP contribution in [0, 0.1) is 11.7 Å². The van der Waals surface area contributed by atoms with Crippen molar-refractivity contribution in [2.45, 2.75) is 37.3 Å². The summed E-state index contributed by atoms with van der Waals surface area (Å²) >= 11 is 0. The third kappa shape index (κ3) is 4.42. The lowest BCUT2D eigenvalue weighted by molar-refractivity contribution is -0.120. The van der Waals surface area contributed by atoms with Crippen molar-refractivity contribution in [1.82, 2.24) is 5.32 Å². The molecule has 1 atom stereocenters. The average molecular weight is 316 g/mol. The van der Waals surface area contributed by atoms with Gasteiger partial charge in [-0.1, -0.05) is 13.8 Å². The molecule has 118 valence electrons. The Hall–Kier alpha value is -1.63. The maximum atomic E-state index is 13.4. The molecule has 0 saturated heterocycles. The largest absolute Gasteiger partial charge is 0.396 e. The fourth-order valence-electron chi connectivity index (χ4n) is 1.66. The zero-order valence-electron chi connectivity index (χ0n) is 12.4. The molecule has 0 bridgehead atoms. The van der Waals surface area contributed by atoms with Gasteiger partial charge in [-0.05, 0) is 37.5 Å². The SMILES string of the molecule is CC(C)CCNC(=O)C(C)S(=O)(=O)c1ccc(N)c(F)c1. The molecule has 0 heterocycles. The molecule has 0 aliphatic heterocycles. The smallest absolute Gasteiger partial charge is 0.238 e. The van der Waals surface area contributed by atoms with Gasteiger partial charge in [-0.25, -0.2) is 12.8 Å². The van der Waals surface area contributed by atoms with Gasteiger partial charge in [0.2, 0.25) is 5.91 Å². The Kier molecular flexibility index (Phi) is 5.71. The van der Waals surface area contributed by atoms with Gasteiger partial charge in [-0.3, -0.25) is 4.79 Å². The highest BCUT2D eigenvalue weighted by molar-refractivity contribution is 7.92. The predicted molar refractivity (Wildman–Crippen MR) is 79.9 cm³/mol. The van der Waals surface area contributed by atoms with Gasteiger partial charge in [0.1, 0.15) is 11.1 Å². The number of nitrogen functional groups attached to an aromatic ring is 1. The molecule has 0 radical (unpaired) electrons. The summed E-state index contributed by atoms with van der Waals surface area (Å²) in [5.41, 5.74) is 5.18. The van der Waals surface area contributed by atoms with Crippen LogP contribution in [0.15, 0.2) is 23.1 Å². The van der Waals surface area contributed by atoms with Gasteiger partial charge < -0.3 is 11.1 Å². The molecule has 21 heavy (non-hydrogen) atoms. The number of carbonyl (C=O) groups is 1. The number of nitrogens with one attached hydrogen (secondary N) is 1. The summed E-state index contributed by atoms with van der Waals surface area (Å²) in [6, 6.07) is 3.21. The Morgan fingerprint density at radius 2 is 1.95 bits per heavy atom. The maximum Gasteiger partial charge on any atom is 0.238 e. The molecule has 1 unspecified atom stereocenters. The second kappa shape index (κ2) is 6.89. The van der Waals surface area contributed by atoms with E-state index < -0.39 is 26.8 Å².